The van der Waals surface area contributed by atoms with E-state index in [1.165, 1.54) is 4.90 Å². The molecule has 1 N–H and O–H groups in total. The van der Waals surface area contributed by atoms with Gasteiger partial charge in [-0.15, -0.1) is 0 Å². The lowest BCUT2D eigenvalue weighted by molar-refractivity contribution is -0.153. The average Bonchev–Trinajstić information content (AvgIpc) is 2.33. The highest BCUT2D eigenvalue weighted by molar-refractivity contribution is 5.98. The van der Waals surface area contributed by atoms with Crippen molar-refractivity contribution in [2.75, 3.05) is 12.4 Å². The van der Waals surface area contributed by atoms with Crippen molar-refractivity contribution in [3.63, 3.8) is 0 Å². The fraction of sp³-hybridized carbons (Fsp3) is 0.500. The number of anilines is 1. The van der Waals surface area contributed by atoms with Crippen LogP contribution in [0.25, 0.3) is 0 Å². The van der Waals surface area contributed by atoms with E-state index in [0.717, 1.165) is 5.82 Å². The Morgan fingerprint density at radius 2 is 1.89 bits per heavy atom. The zero-order chi connectivity index (χ0) is 14.0. The van der Waals surface area contributed by atoms with Gasteiger partial charge in [-0.3, -0.25) is 14.5 Å². The summed E-state index contributed by atoms with van der Waals surface area (Å²) in [7, 11) is 1.78. The van der Waals surface area contributed by atoms with E-state index in [9.17, 15) is 9.59 Å². The van der Waals surface area contributed by atoms with Crippen LogP contribution in [0.3, 0.4) is 0 Å². The highest BCUT2D eigenvalue weighted by atomic mass is 16.2. The largest absolute Gasteiger partial charge is 0.373 e. The van der Waals surface area contributed by atoms with Crippen molar-refractivity contribution in [1.82, 2.24) is 9.88 Å². The number of piperidine rings is 1. The smallest absolute Gasteiger partial charge is 0.230 e. The number of likely N-dealkylation sites (tertiary alicyclic amines) is 1. The Balaban J connectivity index is 2.14. The van der Waals surface area contributed by atoms with E-state index in [-0.39, 0.29) is 23.8 Å². The molecule has 1 aliphatic heterocycles. The van der Waals surface area contributed by atoms with E-state index in [0.29, 0.717) is 18.5 Å². The van der Waals surface area contributed by atoms with Crippen LogP contribution in [0.4, 0.5) is 5.82 Å². The standard InChI is InChI=1S/C14H19N3O2/c1-14(2)7-12(18)17(13(19)8-14)9-10-5-4-6-11(15-3)16-10/h4-6H,7-9H2,1-3H3,(H,15,16). The highest BCUT2D eigenvalue weighted by Crippen LogP contribution is 2.32. The van der Waals surface area contributed by atoms with Gasteiger partial charge >= 0.3 is 0 Å². The molecule has 0 aromatic carbocycles. The molecule has 0 saturated carbocycles. The normalized spacial score (nSPS) is 18.6. The minimum Gasteiger partial charge on any atom is -0.373 e. The van der Waals surface area contributed by atoms with Crippen molar-refractivity contribution in [2.45, 2.75) is 33.2 Å². The lowest BCUT2D eigenvalue weighted by atomic mass is 9.82. The molecular formula is C14H19N3O2. The maximum atomic E-state index is 12.0. The summed E-state index contributed by atoms with van der Waals surface area (Å²) in [6, 6.07) is 5.52. The Morgan fingerprint density at radius 1 is 1.26 bits per heavy atom. The van der Waals surface area contributed by atoms with Crippen LogP contribution in [0.1, 0.15) is 32.4 Å². The first kappa shape index (κ1) is 13.5. The number of rotatable bonds is 3. The lowest BCUT2D eigenvalue weighted by Crippen LogP contribution is -2.45. The summed E-state index contributed by atoms with van der Waals surface area (Å²) in [6.07, 6.45) is 0.814. The van der Waals surface area contributed by atoms with Gasteiger partial charge in [-0.05, 0) is 17.5 Å². The van der Waals surface area contributed by atoms with Gasteiger partial charge in [0.2, 0.25) is 11.8 Å². The SMILES string of the molecule is CNc1cccc(CN2C(=O)CC(C)(C)CC2=O)n1. The number of imide groups is 1. The molecule has 19 heavy (non-hydrogen) atoms. The molecule has 2 heterocycles. The van der Waals surface area contributed by atoms with Crippen molar-refractivity contribution in [1.29, 1.82) is 0 Å². The highest BCUT2D eigenvalue weighted by Gasteiger charge is 2.37. The molecular weight excluding hydrogens is 242 g/mol. The van der Waals surface area contributed by atoms with E-state index in [1.807, 2.05) is 32.0 Å². The van der Waals surface area contributed by atoms with Gasteiger partial charge in [-0.2, -0.15) is 0 Å². The number of amides is 2. The first-order valence-electron chi connectivity index (χ1n) is 6.38. The van der Waals surface area contributed by atoms with E-state index >= 15 is 0 Å². The van der Waals surface area contributed by atoms with Gasteiger partial charge in [-0.1, -0.05) is 19.9 Å². The molecule has 5 nitrogen and oxygen atoms in total. The summed E-state index contributed by atoms with van der Waals surface area (Å²) in [5.41, 5.74) is 0.485. The lowest BCUT2D eigenvalue weighted by Gasteiger charge is -2.34. The summed E-state index contributed by atoms with van der Waals surface area (Å²) in [4.78, 5) is 29.7. The Hall–Kier alpha value is -1.91. The molecule has 2 rings (SSSR count). The number of hydrogen-bond donors (Lipinski definition) is 1. The van der Waals surface area contributed by atoms with Gasteiger partial charge in [0.05, 0.1) is 12.2 Å². The van der Waals surface area contributed by atoms with Gasteiger partial charge in [-0.25, -0.2) is 4.98 Å². The van der Waals surface area contributed by atoms with E-state index in [2.05, 4.69) is 10.3 Å². The quantitative estimate of drug-likeness (QED) is 0.843. The number of aromatic nitrogens is 1. The fourth-order valence-corrected chi connectivity index (χ4v) is 2.26. The second-order valence-electron chi connectivity index (χ2n) is 5.66. The minimum absolute atomic E-state index is 0.113. The van der Waals surface area contributed by atoms with Crippen LogP contribution in [-0.4, -0.2) is 28.7 Å². The third-order valence-corrected chi connectivity index (χ3v) is 3.24. The third-order valence-electron chi connectivity index (χ3n) is 3.24. The molecule has 2 amide bonds. The van der Waals surface area contributed by atoms with Crippen LogP contribution >= 0.6 is 0 Å². The molecule has 1 fully saturated rings. The van der Waals surface area contributed by atoms with Gasteiger partial charge in [0.15, 0.2) is 0 Å². The molecule has 102 valence electrons. The Morgan fingerprint density at radius 3 is 2.47 bits per heavy atom. The van der Waals surface area contributed by atoms with Crippen LogP contribution < -0.4 is 5.32 Å². The summed E-state index contributed by atoms with van der Waals surface area (Å²) >= 11 is 0. The molecule has 1 aliphatic rings. The Bertz CT molecular complexity index is 491. The number of hydrogen-bond acceptors (Lipinski definition) is 4. The number of nitrogens with one attached hydrogen (secondary N) is 1. The van der Waals surface area contributed by atoms with Crippen LogP contribution in [0.15, 0.2) is 18.2 Å². The zero-order valence-electron chi connectivity index (χ0n) is 11.6. The summed E-state index contributed by atoms with van der Waals surface area (Å²) < 4.78 is 0. The van der Waals surface area contributed by atoms with Crippen molar-refractivity contribution in [3.8, 4) is 0 Å². The molecule has 1 aromatic heterocycles. The number of carbonyl (C=O) groups is 2. The first-order valence-corrected chi connectivity index (χ1v) is 6.38. The summed E-state index contributed by atoms with van der Waals surface area (Å²) in [5.74, 6) is 0.505. The summed E-state index contributed by atoms with van der Waals surface area (Å²) in [6.45, 7) is 4.14. The van der Waals surface area contributed by atoms with Gasteiger partial charge in [0.25, 0.3) is 0 Å². The maximum absolute atomic E-state index is 12.0. The fourth-order valence-electron chi connectivity index (χ4n) is 2.26. The van der Waals surface area contributed by atoms with E-state index in [4.69, 9.17) is 0 Å². The molecule has 0 aliphatic carbocycles. The van der Waals surface area contributed by atoms with E-state index < -0.39 is 0 Å². The van der Waals surface area contributed by atoms with Crippen LogP contribution in [0.2, 0.25) is 0 Å². The van der Waals surface area contributed by atoms with Crippen LogP contribution in [0, 0.1) is 5.41 Å². The Labute approximate surface area is 113 Å². The second-order valence-corrected chi connectivity index (χ2v) is 5.66. The Kier molecular flexibility index (Phi) is 3.55. The molecule has 0 bridgehead atoms. The monoisotopic (exact) mass is 261 g/mol. The van der Waals surface area contributed by atoms with Crippen molar-refractivity contribution < 1.29 is 9.59 Å². The van der Waals surface area contributed by atoms with Crippen molar-refractivity contribution >= 4 is 17.6 Å². The van der Waals surface area contributed by atoms with Gasteiger partial charge in [0.1, 0.15) is 5.82 Å². The third kappa shape index (κ3) is 3.10. The van der Waals surface area contributed by atoms with Crippen molar-refractivity contribution in [3.05, 3.63) is 23.9 Å². The molecule has 5 heteroatoms. The number of carbonyl (C=O) groups excluding carboxylic acids is 2. The average molecular weight is 261 g/mol. The number of pyridine rings is 1. The predicted octanol–water partition coefficient (Wildman–Crippen LogP) is 1.80. The van der Waals surface area contributed by atoms with Gasteiger partial charge in [0, 0.05) is 19.9 Å². The van der Waals surface area contributed by atoms with Gasteiger partial charge < -0.3 is 5.32 Å². The van der Waals surface area contributed by atoms with Crippen LogP contribution in [0.5, 0.6) is 0 Å². The molecule has 1 aromatic rings. The molecule has 1 saturated heterocycles. The summed E-state index contributed by atoms with van der Waals surface area (Å²) in [5, 5.41) is 2.94. The molecule has 0 radical (unpaired) electrons. The van der Waals surface area contributed by atoms with E-state index in [1.54, 1.807) is 7.05 Å². The molecule has 0 atom stereocenters. The second kappa shape index (κ2) is 4.99. The predicted molar refractivity (Wildman–Crippen MR) is 72.4 cm³/mol. The van der Waals surface area contributed by atoms with Crippen molar-refractivity contribution in [2.24, 2.45) is 5.41 Å². The number of nitrogens with zero attached hydrogens (tertiary/aromatic N) is 2. The first-order chi connectivity index (χ1) is 8.91. The van der Waals surface area contributed by atoms with Crippen LogP contribution in [-0.2, 0) is 16.1 Å². The zero-order valence-corrected chi connectivity index (χ0v) is 11.6. The molecule has 0 unspecified atom stereocenters. The minimum atomic E-state index is -0.231. The molecule has 0 spiro atoms. The topological polar surface area (TPSA) is 62.3 Å². The maximum Gasteiger partial charge on any atom is 0.230 e.